The molecular weight excluding hydrogens is 324 g/mol. The molecule has 0 amide bonds. The Morgan fingerprint density at radius 1 is 1.12 bits per heavy atom. The van der Waals surface area contributed by atoms with E-state index in [0.29, 0.717) is 23.0 Å². The normalized spacial score (nSPS) is 10.5. The Kier molecular flexibility index (Phi) is 5.22. The van der Waals surface area contributed by atoms with E-state index < -0.39 is 0 Å². The first-order valence-corrected chi connectivity index (χ1v) is 8.35. The first kappa shape index (κ1) is 16.2. The maximum absolute atomic E-state index is 12.4. The summed E-state index contributed by atoms with van der Waals surface area (Å²) in [6.45, 7) is 0.568. The van der Waals surface area contributed by atoms with Crippen molar-refractivity contribution in [3.05, 3.63) is 65.7 Å². The van der Waals surface area contributed by atoms with Gasteiger partial charge in [0.1, 0.15) is 5.75 Å². The lowest BCUT2D eigenvalue weighted by molar-refractivity contribution is 0.101. The monoisotopic (exact) mass is 340 g/mol. The van der Waals surface area contributed by atoms with Gasteiger partial charge in [0.05, 0.1) is 25.0 Å². The fourth-order valence-corrected chi connectivity index (χ4v) is 3.00. The van der Waals surface area contributed by atoms with Crippen LogP contribution in [0.15, 0.2) is 59.8 Å². The van der Waals surface area contributed by atoms with Gasteiger partial charge in [-0.25, -0.2) is 4.68 Å². The molecule has 7 heteroatoms. The Bertz CT molecular complexity index is 820. The van der Waals surface area contributed by atoms with Crippen LogP contribution < -0.4 is 4.74 Å². The van der Waals surface area contributed by atoms with Gasteiger partial charge in [-0.15, -0.1) is 5.10 Å². The van der Waals surface area contributed by atoms with E-state index in [1.807, 2.05) is 42.5 Å². The van der Waals surface area contributed by atoms with Gasteiger partial charge in [-0.1, -0.05) is 54.2 Å². The molecule has 6 nitrogen and oxygen atoms in total. The van der Waals surface area contributed by atoms with E-state index >= 15 is 0 Å². The maximum Gasteiger partial charge on any atom is 0.210 e. The molecule has 0 fully saturated rings. The number of rotatable bonds is 7. The molecule has 24 heavy (non-hydrogen) atoms. The summed E-state index contributed by atoms with van der Waals surface area (Å²) >= 11 is 1.32. The Morgan fingerprint density at radius 3 is 2.67 bits per heavy atom. The van der Waals surface area contributed by atoms with Gasteiger partial charge in [0.25, 0.3) is 0 Å². The first-order valence-electron chi connectivity index (χ1n) is 7.37. The van der Waals surface area contributed by atoms with Crippen LogP contribution in [0, 0.1) is 0 Å². The molecule has 0 bridgehead atoms. The fraction of sp³-hybridized carbons (Fsp3) is 0.176. The number of methoxy groups -OCH3 is 1. The second-order valence-electron chi connectivity index (χ2n) is 5.02. The fourth-order valence-electron chi connectivity index (χ4n) is 2.24. The van der Waals surface area contributed by atoms with Crippen LogP contribution in [0.25, 0.3) is 0 Å². The smallest absolute Gasteiger partial charge is 0.210 e. The van der Waals surface area contributed by atoms with Crippen molar-refractivity contribution in [2.45, 2.75) is 11.7 Å². The van der Waals surface area contributed by atoms with Crippen LogP contribution >= 0.6 is 11.8 Å². The van der Waals surface area contributed by atoms with Gasteiger partial charge in [0.2, 0.25) is 5.16 Å². The van der Waals surface area contributed by atoms with E-state index in [1.165, 1.54) is 11.8 Å². The molecule has 1 aromatic heterocycles. The number of carbonyl (C=O) groups is 1. The Morgan fingerprint density at radius 2 is 1.88 bits per heavy atom. The molecule has 0 unspecified atom stereocenters. The number of aromatic nitrogens is 4. The summed E-state index contributed by atoms with van der Waals surface area (Å²) in [7, 11) is 1.56. The molecular formula is C17H16N4O2S. The number of Topliss-reactive ketones (excluding diaryl/α,β-unsaturated/α-hetero) is 1. The molecule has 122 valence electrons. The standard InChI is InChI=1S/C17H16N4O2S/c1-23-16-10-6-5-9-14(16)15(22)12-24-17-18-19-20-21(17)11-13-7-3-2-4-8-13/h2-10H,11-12H2,1H3. The largest absolute Gasteiger partial charge is 0.496 e. The van der Waals surface area contributed by atoms with Gasteiger partial charge in [-0.05, 0) is 28.1 Å². The molecule has 0 atom stereocenters. The van der Waals surface area contributed by atoms with Crippen LogP contribution in [0.5, 0.6) is 5.75 Å². The third-order valence-corrected chi connectivity index (χ3v) is 4.37. The van der Waals surface area contributed by atoms with E-state index in [2.05, 4.69) is 15.5 Å². The van der Waals surface area contributed by atoms with E-state index in [-0.39, 0.29) is 11.5 Å². The third kappa shape index (κ3) is 3.80. The average molecular weight is 340 g/mol. The summed E-state index contributed by atoms with van der Waals surface area (Å²) in [5, 5.41) is 12.3. The summed E-state index contributed by atoms with van der Waals surface area (Å²) in [5.74, 6) is 0.800. The highest BCUT2D eigenvalue weighted by molar-refractivity contribution is 7.99. The van der Waals surface area contributed by atoms with Crippen LogP contribution in [0.2, 0.25) is 0 Å². The highest BCUT2D eigenvalue weighted by atomic mass is 32.2. The van der Waals surface area contributed by atoms with Gasteiger partial charge in [-0.3, -0.25) is 4.79 Å². The van der Waals surface area contributed by atoms with Gasteiger partial charge in [0, 0.05) is 0 Å². The molecule has 0 aliphatic heterocycles. The van der Waals surface area contributed by atoms with E-state index in [1.54, 1.807) is 23.9 Å². The molecule has 2 aromatic carbocycles. The predicted molar refractivity (Wildman–Crippen MR) is 91.4 cm³/mol. The number of hydrogen-bond acceptors (Lipinski definition) is 6. The number of tetrazole rings is 1. The minimum Gasteiger partial charge on any atom is -0.496 e. The molecule has 1 heterocycles. The van der Waals surface area contributed by atoms with E-state index in [9.17, 15) is 4.79 Å². The lowest BCUT2D eigenvalue weighted by Gasteiger charge is -2.07. The Labute approximate surface area is 143 Å². The van der Waals surface area contributed by atoms with Gasteiger partial charge < -0.3 is 4.74 Å². The molecule has 0 spiro atoms. The number of para-hydroxylation sites is 1. The average Bonchev–Trinajstić information content (AvgIpc) is 3.07. The van der Waals surface area contributed by atoms with Crippen molar-refractivity contribution in [1.82, 2.24) is 20.2 Å². The number of nitrogens with zero attached hydrogens (tertiary/aromatic N) is 4. The molecule has 0 radical (unpaired) electrons. The number of ether oxygens (including phenoxy) is 1. The van der Waals surface area contributed by atoms with E-state index in [4.69, 9.17) is 4.74 Å². The third-order valence-electron chi connectivity index (χ3n) is 3.41. The van der Waals surface area contributed by atoms with Crippen LogP contribution in [-0.4, -0.2) is 38.9 Å². The van der Waals surface area contributed by atoms with Crippen molar-refractivity contribution in [3.63, 3.8) is 0 Å². The number of hydrogen-bond donors (Lipinski definition) is 0. The van der Waals surface area contributed by atoms with Crippen LogP contribution in [0.3, 0.4) is 0 Å². The lowest BCUT2D eigenvalue weighted by Crippen LogP contribution is -2.08. The van der Waals surface area contributed by atoms with Crippen molar-refractivity contribution < 1.29 is 9.53 Å². The number of ketones is 1. The Balaban J connectivity index is 1.67. The summed E-state index contributed by atoms with van der Waals surface area (Å²) in [5.41, 5.74) is 1.66. The zero-order valence-electron chi connectivity index (χ0n) is 13.1. The number of thioether (sulfide) groups is 1. The second kappa shape index (κ2) is 7.74. The van der Waals surface area contributed by atoms with Crippen molar-refractivity contribution in [2.24, 2.45) is 0 Å². The molecule has 0 saturated carbocycles. The summed E-state index contributed by atoms with van der Waals surface area (Å²) in [4.78, 5) is 12.4. The molecule has 0 aliphatic rings. The van der Waals surface area contributed by atoms with Crippen molar-refractivity contribution >= 4 is 17.5 Å². The summed E-state index contributed by atoms with van der Waals surface area (Å²) in [6, 6.07) is 17.1. The molecule has 3 aromatic rings. The highest BCUT2D eigenvalue weighted by Gasteiger charge is 2.14. The lowest BCUT2D eigenvalue weighted by atomic mass is 10.1. The van der Waals surface area contributed by atoms with Gasteiger partial charge in [0.15, 0.2) is 5.78 Å². The summed E-state index contributed by atoms with van der Waals surface area (Å²) in [6.07, 6.45) is 0. The minimum atomic E-state index is -0.0216. The Hall–Kier alpha value is -2.67. The molecule has 0 aliphatic carbocycles. The zero-order chi connectivity index (χ0) is 16.8. The first-order chi connectivity index (χ1) is 11.8. The quantitative estimate of drug-likeness (QED) is 0.486. The summed E-state index contributed by atoms with van der Waals surface area (Å²) < 4.78 is 6.92. The van der Waals surface area contributed by atoms with Crippen LogP contribution in [-0.2, 0) is 6.54 Å². The molecule has 0 N–H and O–H groups in total. The molecule has 3 rings (SSSR count). The second-order valence-corrected chi connectivity index (χ2v) is 5.96. The van der Waals surface area contributed by atoms with Gasteiger partial charge >= 0.3 is 0 Å². The zero-order valence-corrected chi connectivity index (χ0v) is 13.9. The maximum atomic E-state index is 12.4. The topological polar surface area (TPSA) is 69.9 Å². The van der Waals surface area contributed by atoms with Crippen molar-refractivity contribution in [3.8, 4) is 5.75 Å². The molecule has 0 saturated heterocycles. The van der Waals surface area contributed by atoms with Crippen LogP contribution in [0.1, 0.15) is 15.9 Å². The van der Waals surface area contributed by atoms with Crippen molar-refractivity contribution in [1.29, 1.82) is 0 Å². The minimum absolute atomic E-state index is 0.0216. The predicted octanol–water partition coefficient (Wildman–Crippen LogP) is 2.71. The number of benzene rings is 2. The van der Waals surface area contributed by atoms with Crippen LogP contribution in [0.4, 0.5) is 0 Å². The van der Waals surface area contributed by atoms with Gasteiger partial charge in [-0.2, -0.15) is 0 Å². The number of carbonyl (C=O) groups excluding carboxylic acids is 1. The van der Waals surface area contributed by atoms with Crippen molar-refractivity contribution in [2.75, 3.05) is 12.9 Å². The SMILES string of the molecule is COc1ccccc1C(=O)CSc1nnnn1Cc1ccccc1. The highest BCUT2D eigenvalue weighted by Crippen LogP contribution is 2.22. The van der Waals surface area contributed by atoms with E-state index in [0.717, 1.165) is 5.56 Å².